The molecular weight excluding hydrogens is 697 g/mol. The zero-order chi connectivity index (χ0) is 37.2. The molecule has 0 atom stereocenters. The van der Waals surface area contributed by atoms with Crippen molar-refractivity contribution in [2.24, 2.45) is 0 Å². The molecule has 5 nitrogen and oxygen atoms in total. The van der Waals surface area contributed by atoms with E-state index in [1.807, 2.05) is 36.4 Å². The molecule has 13 aromatic rings. The van der Waals surface area contributed by atoms with E-state index in [1.54, 1.807) is 0 Å². The van der Waals surface area contributed by atoms with Gasteiger partial charge < -0.3 is 8.82 Å². The zero-order valence-electron chi connectivity index (χ0n) is 30.5. The lowest BCUT2D eigenvalue weighted by atomic mass is 9.98. The molecule has 0 radical (unpaired) electrons. The van der Waals surface area contributed by atoms with Crippen molar-refractivity contribution >= 4 is 82.0 Å². The third kappa shape index (κ3) is 4.23. The Morgan fingerprint density at radius 1 is 0.386 bits per heavy atom. The number of furan rings is 1. The number of aromatic nitrogens is 4. The van der Waals surface area contributed by atoms with Crippen molar-refractivity contribution in [2.75, 3.05) is 0 Å². The molecule has 5 aromatic heterocycles. The molecule has 5 heterocycles. The molecule has 0 saturated heterocycles. The quantitative estimate of drug-likeness (QED) is 0.181. The Hall–Kier alpha value is -7.76. The van der Waals surface area contributed by atoms with Gasteiger partial charge >= 0.3 is 0 Å². The van der Waals surface area contributed by atoms with E-state index in [-0.39, 0.29) is 0 Å². The molecule has 5 heteroatoms. The molecule has 0 saturated carbocycles. The van der Waals surface area contributed by atoms with Gasteiger partial charge in [-0.2, -0.15) is 0 Å². The Bertz CT molecular complexity index is 3730. The van der Waals surface area contributed by atoms with Gasteiger partial charge in [0.25, 0.3) is 0 Å². The average Bonchev–Trinajstić information content (AvgIpc) is 4.02. The maximum atomic E-state index is 6.54. The Labute approximate surface area is 325 Å². The van der Waals surface area contributed by atoms with E-state index in [2.05, 4.69) is 155 Å². The van der Waals surface area contributed by atoms with E-state index in [0.717, 1.165) is 49.7 Å². The zero-order valence-corrected chi connectivity index (χ0v) is 30.5. The van der Waals surface area contributed by atoms with Crippen molar-refractivity contribution in [2.45, 2.75) is 0 Å². The van der Waals surface area contributed by atoms with Gasteiger partial charge in [-0.3, -0.25) is 4.57 Å². The summed E-state index contributed by atoms with van der Waals surface area (Å²) >= 11 is 0. The van der Waals surface area contributed by atoms with Crippen LogP contribution >= 0.6 is 0 Å². The topological polar surface area (TPSA) is 48.3 Å². The van der Waals surface area contributed by atoms with Crippen molar-refractivity contribution in [3.05, 3.63) is 182 Å². The Morgan fingerprint density at radius 3 is 1.72 bits per heavy atom. The van der Waals surface area contributed by atoms with Crippen LogP contribution in [0, 0.1) is 0 Å². The van der Waals surface area contributed by atoms with Gasteiger partial charge in [0.05, 0.1) is 27.6 Å². The van der Waals surface area contributed by atoms with Crippen LogP contribution in [0.2, 0.25) is 0 Å². The van der Waals surface area contributed by atoms with Crippen molar-refractivity contribution in [3.63, 3.8) is 0 Å². The SMILES string of the molecule is c1ccc(-c2ccc3c(c2)c2c4c5ccccc5n5c6ccc(-c7ccccc7)cc6c(cc2n3-c2nc(-c3ccccc3)c3oc6ccccc6c3n2)c45)cc1. The van der Waals surface area contributed by atoms with Crippen LogP contribution in [0.1, 0.15) is 0 Å². The fourth-order valence-corrected chi connectivity index (χ4v) is 9.37. The van der Waals surface area contributed by atoms with Gasteiger partial charge in [0.2, 0.25) is 5.95 Å². The van der Waals surface area contributed by atoms with Crippen molar-refractivity contribution < 1.29 is 4.42 Å². The lowest BCUT2D eigenvalue weighted by Gasteiger charge is -2.10. The molecule has 264 valence electrons. The van der Waals surface area contributed by atoms with E-state index < -0.39 is 0 Å². The standard InChI is InChI=1S/C52H30N4O/c1-4-14-31(15-5-1)34-24-26-42-38(28-34)39-30-44-46(47-36-20-10-12-22-41(36)55(42)50(39)47)40-29-35(32-16-6-2-7-17-32)25-27-43(40)56(44)52-53-48(33-18-8-3-9-19-33)51-49(54-52)37-21-11-13-23-45(37)57-51/h1-30H. The Balaban J connectivity index is 1.23. The maximum absolute atomic E-state index is 6.54. The predicted octanol–water partition coefficient (Wildman–Crippen LogP) is 13.6. The van der Waals surface area contributed by atoms with Crippen LogP contribution in [0.15, 0.2) is 186 Å². The second-order valence-corrected chi connectivity index (χ2v) is 14.9. The number of hydrogen-bond donors (Lipinski definition) is 0. The van der Waals surface area contributed by atoms with Gasteiger partial charge in [0.15, 0.2) is 5.58 Å². The first-order valence-corrected chi connectivity index (χ1v) is 19.3. The van der Waals surface area contributed by atoms with E-state index >= 15 is 0 Å². The van der Waals surface area contributed by atoms with Crippen LogP contribution in [-0.4, -0.2) is 18.9 Å². The summed E-state index contributed by atoms with van der Waals surface area (Å²) in [7, 11) is 0. The number of hydrogen-bond acceptors (Lipinski definition) is 3. The van der Waals surface area contributed by atoms with Gasteiger partial charge in [-0.15, -0.1) is 0 Å². The third-order valence-corrected chi connectivity index (χ3v) is 11.9. The summed E-state index contributed by atoms with van der Waals surface area (Å²) in [6.07, 6.45) is 0. The molecule has 0 bridgehead atoms. The highest BCUT2D eigenvalue weighted by Gasteiger charge is 2.27. The number of rotatable bonds is 4. The highest BCUT2D eigenvalue weighted by molar-refractivity contribution is 6.36. The summed E-state index contributed by atoms with van der Waals surface area (Å²) in [5, 5.41) is 8.19. The minimum atomic E-state index is 0.604. The van der Waals surface area contributed by atoms with Crippen LogP contribution < -0.4 is 0 Å². The van der Waals surface area contributed by atoms with Crippen LogP contribution in [0.4, 0.5) is 0 Å². The highest BCUT2D eigenvalue weighted by atomic mass is 16.3. The largest absolute Gasteiger partial charge is 0.452 e. The summed E-state index contributed by atoms with van der Waals surface area (Å²) in [4.78, 5) is 10.9. The number of fused-ring (bicyclic) bond motifs is 13. The van der Waals surface area contributed by atoms with Crippen LogP contribution in [0.25, 0.3) is 121 Å². The fraction of sp³-hybridized carbons (Fsp3) is 0. The summed E-state index contributed by atoms with van der Waals surface area (Å²) in [6, 6.07) is 64.7. The second kappa shape index (κ2) is 11.4. The molecule has 0 fully saturated rings. The monoisotopic (exact) mass is 726 g/mol. The Morgan fingerprint density at radius 2 is 0.982 bits per heavy atom. The van der Waals surface area contributed by atoms with Gasteiger partial charge in [-0.1, -0.05) is 133 Å². The molecule has 8 aromatic carbocycles. The number of nitrogens with zero attached hydrogens (tertiary/aromatic N) is 4. The first-order valence-electron chi connectivity index (χ1n) is 19.3. The molecule has 57 heavy (non-hydrogen) atoms. The Kier molecular flexibility index (Phi) is 6.10. The molecule has 0 amide bonds. The van der Waals surface area contributed by atoms with Gasteiger partial charge in [-0.25, -0.2) is 9.97 Å². The van der Waals surface area contributed by atoms with Crippen LogP contribution in [0.5, 0.6) is 0 Å². The van der Waals surface area contributed by atoms with E-state index in [4.69, 9.17) is 14.4 Å². The van der Waals surface area contributed by atoms with E-state index in [9.17, 15) is 0 Å². The summed E-state index contributed by atoms with van der Waals surface area (Å²) in [6.45, 7) is 0. The molecule has 13 rings (SSSR count). The molecule has 0 aliphatic rings. The van der Waals surface area contributed by atoms with E-state index in [1.165, 1.54) is 60.2 Å². The summed E-state index contributed by atoms with van der Waals surface area (Å²) in [5.41, 5.74) is 14.5. The lowest BCUT2D eigenvalue weighted by Crippen LogP contribution is -2.03. The van der Waals surface area contributed by atoms with Gasteiger partial charge in [0, 0.05) is 43.3 Å². The van der Waals surface area contributed by atoms with Crippen molar-refractivity contribution in [1.29, 1.82) is 0 Å². The van der Waals surface area contributed by atoms with Gasteiger partial charge in [0.1, 0.15) is 16.8 Å². The fourth-order valence-electron chi connectivity index (χ4n) is 9.37. The minimum Gasteiger partial charge on any atom is -0.452 e. The normalized spacial score (nSPS) is 12.2. The molecule has 0 unspecified atom stereocenters. The van der Waals surface area contributed by atoms with Crippen molar-refractivity contribution in [1.82, 2.24) is 18.9 Å². The maximum Gasteiger partial charge on any atom is 0.236 e. The first-order chi connectivity index (χ1) is 28.3. The number of para-hydroxylation sites is 2. The summed E-state index contributed by atoms with van der Waals surface area (Å²) in [5.74, 6) is 0.604. The van der Waals surface area contributed by atoms with Crippen LogP contribution in [0.3, 0.4) is 0 Å². The molecule has 0 aliphatic heterocycles. The average molecular weight is 727 g/mol. The van der Waals surface area contributed by atoms with E-state index in [0.29, 0.717) is 11.5 Å². The van der Waals surface area contributed by atoms with Crippen molar-refractivity contribution in [3.8, 4) is 39.5 Å². The molecular formula is C52H30N4O. The van der Waals surface area contributed by atoms with Crippen LogP contribution in [-0.2, 0) is 0 Å². The van der Waals surface area contributed by atoms with Gasteiger partial charge in [-0.05, 0) is 70.8 Å². The molecule has 0 aliphatic carbocycles. The minimum absolute atomic E-state index is 0.604. The molecule has 0 spiro atoms. The third-order valence-electron chi connectivity index (χ3n) is 11.9. The highest BCUT2D eigenvalue weighted by Crippen LogP contribution is 2.48. The smallest absolute Gasteiger partial charge is 0.236 e. The second-order valence-electron chi connectivity index (χ2n) is 14.9. The lowest BCUT2D eigenvalue weighted by molar-refractivity contribution is 0.666. The summed E-state index contributed by atoms with van der Waals surface area (Å²) < 4.78 is 11.3. The molecule has 0 N–H and O–H groups in total. The first kappa shape index (κ1) is 30.6. The predicted molar refractivity (Wildman–Crippen MR) is 235 cm³/mol. The number of benzene rings is 8.